The van der Waals surface area contributed by atoms with Crippen molar-refractivity contribution < 1.29 is 9.84 Å². The van der Waals surface area contributed by atoms with E-state index in [9.17, 15) is 5.11 Å². The van der Waals surface area contributed by atoms with Crippen LogP contribution in [0.3, 0.4) is 0 Å². The Morgan fingerprint density at radius 1 is 1.18 bits per heavy atom. The van der Waals surface area contributed by atoms with Crippen LogP contribution in [0.1, 0.15) is 85.5 Å². The molecule has 0 bridgehead atoms. The van der Waals surface area contributed by atoms with Crippen molar-refractivity contribution >= 4 is 11.6 Å². The third-order valence-corrected chi connectivity index (χ3v) is 13.5. The Morgan fingerprint density at radius 3 is 2.79 bits per heavy atom. The topological polar surface area (TPSA) is 32.7 Å². The summed E-state index contributed by atoms with van der Waals surface area (Å²) in [6.07, 6.45) is 13.9. The van der Waals surface area contributed by atoms with Crippen LogP contribution in [0.25, 0.3) is 0 Å². The fraction of sp³-hybridized carbons (Fsp3) is 0.933. The molecule has 2 spiro atoms. The number of hydrogen-bond donors (Lipinski definition) is 1. The number of piperidine rings is 1. The minimum absolute atomic E-state index is 0.0564. The molecular weight excluding hydrogens is 442 g/mol. The van der Waals surface area contributed by atoms with Gasteiger partial charge >= 0.3 is 0 Å². The van der Waals surface area contributed by atoms with Crippen LogP contribution in [0, 0.1) is 45.8 Å². The van der Waals surface area contributed by atoms with Gasteiger partial charge in [0.05, 0.1) is 17.8 Å². The van der Waals surface area contributed by atoms with Crippen LogP contribution in [0.5, 0.6) is 0 Å². The lowest BCUT2D eigenvalue weighted by atomic mass is 9.56. The van der Waals surface area contributed by atoms with E-state index in [-0.39, 0.29) is 11.7 Å². The lowest BCUT2D eigenvalue weighted by Crippen LogP contribution is -2.54. The van der Waals surface area contributed by atoms with Crippen molar-refractivity contribution in [2.45, 2.75) is 109 Å². The van der Waals surface area contributed by atoms with Gasteiger partial charge in [-0.25, -0.2) is 0 Å². The van der Waals surface area contributed by atoms with E-state index in [0.29, 0.717) is 40.2 Å². The van der Waals surface area contributed by atoms with E-state index >= 15 is 0 Å². The zero-order valence-corrected chi connectivity index (χ0v) is 22.6. The molecule has 2 heterocycles. The van der Waals surface area contributed by atoms with E-state index < -0.39 is 0 Å². The van der Waals surface area contributed by atoms with Gasteiger partial charge in [-0.3, -0.25) is 4.90 Å². The minimum atomic E-state index is -0.110. The van der Waals surface area contributed by atoms with Crippen molar-refractivity contribution in [1.82, 2.24) is 4.90 Å². The van der Waals surface area contributed by atoms with Gasteiger partial charge in [-0.1, -0.05) is 39.3 Å². The number of allylic oxidation sites excluding steroid dienone is 1. The number of halogens is 1. The molecule has 0 radical (unpaired) electrons. The monoisotopic (exact) mass is 487 g/mol. The summed E-state index contributed by atoms with van der Waals surface area (Å²) >= 11 is 6.28. The number of likely N-dealkylation sites (tertiary alicyclic amines) is 1. The van der Waals surface area contributed by atoms with Crippen molar-refractivity contribution in [2.75, 3.05) is 19.0 Å². The Hall–Kier alpha value is -0.0900. The Balaban J connectivity index is 1.21. The van der Waals surface area contributed by atoms with Gasteiger partial charge in [-0.2, -0.15) is 0 Å². The molecule has 0 amide bonds. The minimum Gasteiger partial charge on any atom is -0.393 e. The lowest BCUT2D eigenvalue weighted by molar-refractivity contribution is -0.148. The van der Waals surface area contributed by atoms with Crippen LogP contribution in [0.2, 0.25) is 0 Å². The predicted octanol–water partition coefficient (Wildman–Crippen LogP) is 6.03. The maximum Gasteiger partial charge on any atom is 0.0787 e. The predicted molar refractivity (Wildman–Crippen MR) is 137 cm³/mol. The second kappa shape index (κ2) is 7.27. The molecule has 5 aliphatic carbocycles. The van der Waals surface area contributed by atoms with E-state index in [1.165, 1.54) is 51.5 Å². The summed E-state index contributed by atoms with van der Waals surface area (Å²) in [5.41, 5.74) is 2.81. The van der Waals surface area contributed by atoms with Gasteiger partial charge in [-0.05, 0) is 92.3 Å². The van der Waals surface area contributed by atoms with Gasteiger partial charge in [-0.15, -0.1) is 11.6 Å². The molecule has 4 heteroatoms. The van der Waals surface area contributed by atoms with Crippen molar-refractivity contribution in [1.29, 1.82) is 0 Å². The van der Waals surface area contributed by atoms with Gasteiger partial charge in [0.25, 0.3) is 0 Å². The first-order chi connectivity index (χ1) is 16.2. The Labute approximate surface area is 212 Å². The van der Waals surface area contributed by atoms with Crippen LogP contribution in [-0.2, 0) is 4.74 Å². The SMILES string of the molecule is C[C@H]1C[C@H]2OC3(CC[C@H]4C5CC=C6C[C@@H](O)CCC6(C)[C@H]5C[C@@]45CC35C)[C@H](C)[C@@H]2N(CCCl)C1. The molecule has 0 aromatic heterocycles. The molecular formula is C30H46ClNO2. The summed E-state index contributed by atoms with van der Waals surface area (Å²) in [4.78, 5) is 2.70. The molecule has 3 nitrogen and oxygen atoms in total. The standard InChI is InChI=1S/C30H46ClNO2/c1-18-13-25-26(32(16-18)12-11-31)19(2)30(34-25)10-8-23-22-6-5-20-14-21(33)7-9-27(20,3)24(22)15-29(23)17-28(29,30)4/h5,18-19,21-26,33H,6-17H2,1-4H3/t18-,19+,21-,22?,23-,24-,25+,26-,27?,28?,29+,30?/m0/s1. The molecule has 7 rings (SSSR count). The molecule has 2 aliphatic heterocycles. The highest BCUT2D eigenvalue weighted by Crippen LogP contribution is 2.87. The molecule has 34 heavy (non-hydrogen) atoms. The summed E-state index contributed by atoms with van der Waals surface area (Å²) in [5.74, 6) is 4.57. The average Bonchev–Trinajstić information content (AvgIpc) is 3.13. The van der Waals surface area contributed by atoms with E-state index in [4.69, 9.17) is 16.3 Å². The molecule has 190 valence electrons. The number of rotatable bonds is 2. The number of alkyl halides is 1. The second-order valence-electron chi connectivity index (χ2n) is 14.4. The van der Waals surface area contributed by atoms with E-state index in [2.05, 4.69) is 38.7 Å². The summed E-state index contributed by atoms with van der Waals surface area (Å²) < 4.78 is 7.38. The number of nitrogens with zero attached hydrogens (tertiary/aromatic N) is 1. The molecule has 4 unspecified atom stereocenters. The van der Waals surface area contributed by atoms with Crippen molar-refractivity contribution in [3.05, 3.63) is 11.6 Å². The fourth-order valence-electron chi connectivity index (χ4n) is 11.8. The van der Waals surface area contributed by atoms with Crippen LogP contribution in [0.15, 0.2) is 11.6 Å². The number of aliphatic hydroxyl groups excluding tert-OH is 1. The van der Waals surface area contributed by atoms with Gasteiger partial charge in [0.1, 0.15) is 0 Å². The Kier molecular flexibility index (Phi) is 4.93. The number of fused-ring (bicyclic) bond motifs is 6. The number of hydrogen-bond acceptors (Lipinski definition) is 3. The van der Waals surface area contributed by atoms with Gasteiger partial charge in [0.2, 0.25) is 0 Å². The molecule has 12 atom stereocenters. The van der Waals surface area contributed by atoms with Crippen molar-refractivity contribution in [3.8, 4) is 0 Å². The van der Waals surface area contributed by atoms with Gasteiger partial charge < -0.3 is 9.84 Å². The maximum absolute atomic E-state index is 10.4. The smallest absolute Gasteiger partial charge is 0.0787 e. The van der Waals surface area contributed by atoms with Crippen molar-refractivity contribution in [2.24, 2.45) is 45.8 Å². The van der Waals surface area contributed by atoms with Crippen LogP contribution in [0.4, 0.5) is 0 Å². The number of ether oxygens (including phenoxy) is 1. The summed E-state index contributed by atoms with van der Waals surface area (Å²) in [7, 11) is 0. The first kappa shape index (κ1) is 23.1. The largest absolute Gasteiger partial charge is 0.393 e. The molecule has 2 saturated heterocycles. The van der Waals surface area contributed by atoms with Gasteiger partial charge in [0, 0.05) is 36.3 Å². The van der Waals surface area contributed by atoms with Gasteiger partial charge in [0.15, 0.2) is 0 Å². The summed E-state index contributed by atoms with van der Waals surface area (Å²) in [6, 6.07) is 0.551. The average molecular weight is 488 g/mol. The van der Waals surface area contributed by atoms with Crippen LogP contribution >= 0.6 is 11.6 Å². The quantitative estimate of drug-likeness (QED) is 0.381. The molecule has 0 aromatic rings. The number of aliphatic hydroxyl groups is 1. The van der Waals surface area contributed by atoms with Crippen molar-refractivity contribution in [3.63, 3.8) is 0 Å². The molecule has 4 saturated carbocycles. The zero-order chi connectivity index (χ0) is 23.7. The Morgan fingerprint density at radius 2 is 2.00 bits per heavy atom. The first-order valence-corrected chi connectivity index (χ1v) is 15.1. The highest BCUT2D eigenvalue weighted by atomic mass is 35.5. The van der Waals surface area contributed by atoms with E-state index in [1.54, 1.807) is 5.57 Å². The highest BCUT2D eigenvalue weighted by molar-refractivity contribution is 6.18. The molecule has 7 aliphatic rings. The van der Waals surface area contributed by atoms with Crippen LogP contribution in [-0.4, -0.2) is 52.8 Å². The Bertz CT molecular complexity index is 906. The normalized spacial score (nSPS) is 60.1. The zero-order valence-electron chi connectivity index (χ0n) is 21.9. The first-order valence-electron chi connectivity index (χ1n) is 14.5. The maximum atomic E-state index is 10.4. The highest BCUT2D eigenvalue weighted by Gasteiger charge is 2.84. The summed E-state index contributed by atoms with van der Waals surface area (Å²) in [5, 5.41) is 10.4. The van der Waals surface area contributed by atoms with E-state index in [0.717, 1.165) is 43.0 Å². The lowest BCUT2D eigenvalue weighted by Gasteiger charge is -2.50. The third-order valence-electron chi connectivity index (χ3n) is 13.3. The summed E-state index contributed by atoms with van der Waals surface area (Å²) in [6.45, 7) is 12.4. The van der Waals surface area contributed by atoms with Crippen LogP contribution < -0.4 is 0 Å². The second-order valence-corrected chi connectivity index (χ2v) is 14.8. The molecule has 1 N–H and O–H groups in total. The molecule has 0 aromatic carbocycles. The fourth-order valence-corrected chi connectivity index (χ4v) is 12.0. The van der Waals surface area contributed by atoms with E-state index in [1.807, 2.05) is 0 Å². The third kappa shape index (κ3) is 2.62. The molecule has 6 fully saturated rings.